The molecule has 0 heterocycles. The van der Waals surface area contributed by atoms with E-state index in [-0.39, 0.29) is 5.91 Å². The summed E-state index contributed by atoms with van der Waals surface area (Å²) < 4.78 is 24.8. The Labute approximate surface area is 148 Å². The van der Waals surface area contributed by atoms with Gasteiger partial charge in [-0.05, 0) is 55.7 Å². The molecular weight excluding hydrogens is 321 g/mol. The zero-order valence-electron chi connectivity index (χ0n) is 14.9. The molecule has 0 aromatic heterocycles. The molecule has 2 rings (SSSR count). The third-order valence-corrected chi connectivity index (χ3v) is 3.58. The summed E-state index contributed by atoms with van der Waals surface area (Å²) in [5, 5.41) is 2.74. The van der Waals surface area contributed by atoms with Crippen LogP contribution >= 0.6 is 0 Å². The summed E-state index contributed by atoms with van der Waals surface area (Å²) in [6.07, 6.45) is 1.74. The molecule has 0 saturated heterocycles. The van der Waals surface area contributed by atoms with Gasteiger partial charge in [-0.15, -0.1) is 0 Å². The maximum absolute atomic E-state index is 13.4. The van der Waals surface area contributed by atoms with Gasteiger partial charge < -0.3 is 14.8 Å². The van der Waals surface area contributed by atoms with Crippen LogP contribution in [0.25, 0.3) is 0 Å². The topological polar surface area (TPSA) is 47.6 Å². The lowest BCUT2D eigenvalue weighted by Gasteiger charge is -2.14. The number of benzene rings is 2. The number of ether oxygens (including phenoxy) is 2. The molecule has 0 spiro atoms. The summed E-state index contributed by atoms with van der Waals surface area (Å²) in [5.41, 5.74) is 1.67. The fourth-order valence-electron chi connectivity index (χ4n) is 2.23. The lowest BCUT2D eigenvalue weighted by molar-refractivity contribution is 0.102. The van der Waals surface area contributed by atoms with E-state index in [4.69, 9.17) is 9.47 Å². The largest absolute Gasteiger partial charge is 0.490 e. The van der Waals surface area contributed by atoms with Gasteiger partial charge in [0.25, 0.3) is 5.91 Å². The first-order valence-electron chi connectivity index (χ1n) is 8.52. The Morgan fingerprint density at radius 1 is 1.00 bits per heavy atom. The number of aryl methyl sites for hydroxylation is 1. The molecule has 1 amide bonds. The Morgan fingerprint density at radius 2 is 1.68 bits per heavy atom. The van der Waals surface area contributed by atoms with Crippen LogP contribution < -0.4 is 14.8 Å². The fourth-order valence-corrected chi connectivity index (χ4v) is 2.23. The SMILES string of the molecule is CCCOc1ccc(C(=O)Nc2cc(F)ccc2C)cc1OCCC. The molecule has 0 aliphatic heterocycles. The van der Waals surface area contributed by atoms with Gasteiger partial charge in [-0.2, -0.15) is 0 Å². The van der Waals surface area contributed by atoms with Crippen molar-refractivity contribution in [1.29, 1.82) is 0 Å². The minimum Gasteiger partial charge on any atom is -0.490 e. The number of carbonyl (C=O) groups excluding carboxylic acids is 1. The van der Waals surface area contributed by atoms with E-state index >= 15 is 0 Å². The first kappa shape index (κ1) is 18.8. The summed E-state index contributed by atoms with van der Waals surface area (Å²) in [6, 6.07) is 9.36. The molecule has 0 aliphatic carbocycles. The molecule has 5 heteroatoms. The number of anilines is 1. The molecule has 0 bridgehead atoms. The number of hydrogen-bond acceptors (Lipinski definition) is 3. The van der Waals surface area contributed by atoms with Crippen molar-refractivity contribution >= 4 is 11.6 Å². The minimum atomic E-state index is -0.392. The van der Waals surface area contributed by atoms with Gasteiger partial charge in [0.2, 0.25) is 0 Å². The van der Waals surface area contributed by atoms with Gasteiger partial charge >= 0.3 is 0 Å². The van der Waals surface area contributed by atoms with Gasteiger partial charge in [0.1, 0.15) is 5.82 Å². The monoisotopic (exact) mass is 345 g/mol. The van der Waals surface area contributed by atoms with Gasteiger partial charge in [0.05, 0.1) is 13.2 Å². The Bertz CT molecular complexity index is 731. The maximum Gasteiger partial charge on any atom is 0.255 e. The number of carbonyl (C=O) groups is 1. The van der Waals surface area contributed by atoms with Crippen molar-refractivity contribution in [1.82, 2.24) is 0 Å². The first-order chi connectivity index (χ1) is 12.0. The minimum absolute atomic E-state index is 0.322. The zero-order valence-corrected chi connectivity index (χ0v) is 14.9. The predicted molar refractivity (Wildman–Crippen MR) is 97.1 cm³/mol. The van der Waals surface area contributed by atoms with Gasteiger partial charge in [-0.1, -0.05) is 19.9 Å². The van der Waals surface area contributed by atoms with Crippen LogP contribution in [-0.4, -0.2) is 19.1 Å². The second-order valence-corrected chi connectivity index (χ2v) is 5.77. The van der Waals surface area contributed by atoms with Crippen molar-refractivity contribution in [3.63, 3.8) is 0 Å². The van der Waals surface area contributed by atoms with Crippen LogP contribution in [0.5, 0.6) is 11.5 Å². The van der Waals surface area contributed by atoms with Crippen LogP contribution in [0.1, 0.15) is 42.6 Å². The quantitative estimate of drug-likeness (QED) is 0.735. The normalized spacial score (nSPS) is 10.4. The number of amides is 1. The van der Waals surface area contributed by atoms with Crippen LogP contribution in [-0.2, 0) is 0 Å². The van der Waals surface area contributed by atoms with Gasteiger partial charge in [0.15, 0.2) is 11.5 Å². The van der Waals surface area contributed by atoms with E-state index in [1.165, 1.54) is 12.1 Å². The summed E-state index contributed by atoms with van der Waals surface area (Å²) in [4.78, 5) is 12.5. The van der Waals surface area contributed by atoms with Gasteiger partial charge in [-0.25, -0.2) is 4.39 Å². The third-order valence-electron chi connectivity index (χ3n) is 3.58. The Kier molecular flexibility index (Phi) is 6.81. The Morgan fingerprint density at radius 3 is 2.36 bits per heavy atom. The molecule has 0 radical (unpaired) electrons. The fraction of sp³-hybridized carbons (Fsp3) is 0.350. The average molecular weight is 345 g/mol. The molecular formula is C20H24FNO3. The molecule has 2 aromatic carbocycles. The van der Waals surface area contributed by atoms with E-state index < -0.39 is 5.82 Å². The van der Waals surface area contributed by atoms with Crippen LogP contribution in [0.4, 0.5) is 10.1 Å². The second-order valence-electron chi connectivity index (χ2n) is 5.77. The van der Waals surface area contributed by atoms with Crippen LogP contribution in [0.15, 0.2) is 36.4 Å². The molecule has 4 nitrogen and oxygen atoms in total. The predicted octanol–water partition coefficient (Wildman–Crippen LogP) is 4.96. The van der Waals surface area contributed by atoms with E-state index in [0.29, 0.717) is 36.0 Å². The van der Waals surface area contributed by atoms with E-state index in [1.807, 2.05) is 20.8 Å². The molecule has 134 valence electrons. The number of rotatable bonds is 8. The van der Waals surface area contributed by atoms with Crippen LogP contribution in [0.2, 0.25) is 0 Å². The summed E-state index contributed by atoms with van der Waals surface area (Å²) >= 11 is 0. The molecule has 2 aromatic rings. The number of hydrogen-bond donors (Lipinski definition) is 1. The van der Waals surface area contributed by atoms with E-state index in [2.05, 4.69) is 5.32 Å². The summed E-state index contributed by atoms with van der Waals surface area (Å²) in [6.45, 7) is 6.96. The third kappa shape index (κ3) is 5.21. The summed E-state index contributed by atoms with van der Waals surface area (Å²) in [5.74, 6) is 0.445. The molecule has 0 atom stereocenters. The van der Waals surface area contributed by atoms with Gasteiger partial charge in [-0.3, -0.25) is 4.79 Å². The highest BCUT2D eigenvalue weighted by atomic mass is 19.1. The second kappa shape index (κ2) is 9.06. The highest BCUT2D eigenvalue weighted by Gasteiger charge is 2.13. The van der Waals surface area contributed by atoms with Gasteiger partial charge in [0, 0.05) is 11.3 Å². The van der Waals surface area contributed by atoms with Crippen molar-refractivity contribution in [2.45, 2.75) is 33.6 Å². The molecule has 0 saturated carbocycles. The van der Waals surface area contributed by atoms with Crippen molar-refractivity contribution in [2.24, 2.45) is 0 Å². The lowest BCUT2D eigenvalue weighted by atomic mass is 10.1. The smallest absolute Gasteiger partial charge is 0.255 e. The first-order valence-corrected chi connectivity index (χ1v) is 8.52. The average Bonchev–Trinajstić information content (AvgIpc) is 2.61. The van der Waals surface area contributed by atoms with E-state index in [0.717, 1.165) is 18.4 Å². The molecule has 0 unspecified atom stereocenters. The van der Waals surface area contributed by atoms with E-state index in [9.17, 15) is 9.18 Å². The van der Waals surface area contributed by atoms with Crippen molar-refractivity contribution in [3.05, 3.63) is 53.3 Å². The highest BCUT2D eigenvalue weighted by Crippen LogP contribution is 2.29. The zero-order chi connectivity index (χ0) is 18.2. The number of halogens is 1. The van der Waals surface area contributed by atoms with Crippen LogP contribution in [0.3, 0.4) is 0 Å². The van der Waals surface area contributed by atoms with Crippen molar-refractivity contribution in [2.75, 3.05) is 18.5 Å². The molecule has 25 heavy (non-hydrogen) atoms. The lowest BCUT2D eigenvalue weighted by Crippen LogP contribution is -2.13. The standard InChI is InChI=1S/C20H24FNO3/c1-4-10-24-18-9-7-15(12-19(18)25-11-5-2)20(23)22-17-13-16(21)8-6-14(17)3/h6-9,12-13H,4-5,10-11H2,1-3H3,(H,22,23). The maximum atomic E-state index is 13.4. The highest BCUT2D eigenvalue weighted by molar-refractivity contribution is 6.05. The molecule has 1 N–H and O–H groups in total. The number of nitrogens with one attached hydrogen (secondary N) is 1. The van der Waals surface area contributed by atoms with E-state index in [1.54, 1.807) is 24.3 Å². The summed E-state index contributed by atoms with van der Waals surface area (Å²) in [7, 11) is 0. The van der Waals surface area contributed by atoms with Crippen molar-refractivity contribution in [3.8, 4) is 11.5 Å². The Hall–Kier alpha value is -2.56. The Balaban J connectivity index is 2.22. The van der Waals surface area contributed by atoms with Crippen molar-refractivity contribution < 1.29 is 18.7 Å². The molecule has 0 aliphatic rings. The molecule has 0 fully saturated rings. The van der Waals surface area contributed by atoms with Crippen LogP contribution in [0, 0.1) is 12.7 Å².